The van der Waals surface area contributed by atoms with Crippen molar-refractivity contribution < 1.29 is 30.8 Å². The molecule has 10 nitrogen and oxygen atoms in total. The molecule has 13 heteroatoms. The van der Waals surface area contributed by atoms with Crippen LogP contribution in [0.5, 0.6) is 5.75 Å². The number of ether oxygens (including phenoxy) is 1. The normalized spacial score (nSPS) is 11.9. The number of sulfonamides is 1. The number of esters is 1. The maximum Gasteiger partial charge on any atom is 0.343 e. The summed E-state index contributed by atoms with van der Waals surface area (Å²) in [6, 6.07) is 12.7. The molecular formula is C24H21FN4O6S2. The number of aromatic nitrogens is 2. The van der Waals surface area contributed by atoms with Crippen molar-refractivity contribution in [2.75, 3.05) is 7.05 Å². The second-order valence-corrected chi connectivity index (χ2v) is 11.2. The summed E-state index contributed by atoms with van der Waals surface area (Å²) < 4.78 is 70.7. The van der Waals surface area contributed by atoms with Crippen LogP contribution in [-0.2, 0) is 26.6 Å². The zero-order valence-corrected chi connectivity index (χ0v) is 21.0. The molecule has 2 heterocycles. The van der Waals surface area contributed by atoms with Crippen LogP contribution < -0.4 is 15.2 Å². The van der Waals surface area contributed by atoms with Crippen LogP contribution in [0.1, 0.15) is 15.9 Å². The van der Waals surface area contributed by atoms with E-state index in [2.05, 4.69) is 10.3 Å². The fourth-order valence-electron chi connectivity index (χ4n) is 3.52. The molecule has 0 radical (unpaired) electrons. The van der Waals surface area contributed by atoms with Crippen LogP contribution in [0, 0.1) is 5.82 Å². The summed E-state index contributed by atoms with van der Waals surface area (Å²) in [5, 5.41) is 7.97. The van der Waals surface area contributed by atoms with Crippen LogP contribution in [0.2, 0.25) is 0 Å². The van der Waals surface area contributed by atoms with E-state index in [-0.39, 0.29) is 32.4 Å². The molecular weight excluding hydrogens is 523 g/mol. The first-order valence-corrected chi connectivity index (χ1v) is 13.7. The monoisotopic (exact) mass is 544 g/mol. The second-order valence-electron chi connectivity index (χ2n) is 7.85. The molecule has 0 saturated carbocycles. The molecule has 3 N–H and O–H groups in total. The number of rotatable bonds is 8. The first-order valence-electron chi connectivity index (χ1n) is 10.7. The maximum absolute atomic E-state index is 15.2. The Morgan fingerprint density at radius 3 is 2.38 bits per heavy atom. The number of nitrogens with two attached hydrogens (primary N) is 1. The van der Waals surface area contributed by atoms with Crippen molar-refractivity contribution in [1.29, 1.82) is 0 Å². The Bertz CT molecular complexity index is 1670. The molecule has 0 saturated heterocycles. The van der Waals surface area contributed by atoms with E-state index >= 15 is 4.39 Å². The maximum atomic E-state index is 15.2. The Labute approximate surface area is 212 Å². The first-order chi connectivity index (χ1) is 17.5. The first kappa shape index (κ1) is 26.2. The SMILES string of the molecule is CNCc1cc(-c2ccc(OC(=O)c3ccc(S(N)(=O)=O)cc3)cc2F)n(S(=O)(=O)c2cccnc2)c1. The van der Waals surface area contributed by atoms with Gasteiger partial charge in [0.25, 0.3) is 10.0 Å². The highest BCUT2D eigenvalue weighted by atomic mass is 32.2. The Hall–Kier alpha value is -3.91. The van der Waals surface area contributed by atoms with Gasteiger partial charge in [0, 0.05) is 36.8 Å². The van der Waals surface area contributed by atoms with Gasteiger partial charge in [0.2, 0.25) is 10.0 Å². The number of carbonyl (C=O) groups excluding carboxylic acids is 1. The minimum Gasteiger partial charge on any atom is -0.423 e. The van der Waals surface area contributed by atoms with Crippen molar-refractivity contribution >= 4 is 26.0 Å². The van der Waals surface area contributed by atoms with Gasteiger partial charge in [-0.25, -0.2) is 35.1 Å². The molecule has 4 rings (SSSR count). The summed E-state index contributed by atoms with van der Waals surface area (Å²) in [7, 11) is -6.32. The average Bonchev–Trinajstić information content (AvgIpc) is 3.29. The Kier molecular flexibility index (Phi) is 7.23. The van der Waals surface area contributed by atoms with Gasteiger partial charge in [-0.2, -0.15) is 0 Å². The predicted molar refractivity (Wildman–Crippen MR) is 132 cm³/mol. The minimum absolute atomic E-state index is 0.0185. The average molecular weight is 545 g/mol. The Morgan fingerprint density at radius 1 is 1.05 bits per heavy atom. The molecule has 37 heavy (non-hydrogen) atoms. The van der Waals surface area contributed by atoms with E-state index < -0.39 is 31.8 Å². The summed E-state index contributed by atoms with van der Waals surface area (Å²) in [6.45, 7) is 0.337. The summed E-state index contributed by atoms with van der Waals surface area (Å²) in [6.07, 6.45) is 4.04. The fourth-order valence-corrected chi connectivity index (χ4v) is 5.39. The molecule has 0 spiro atoms. The molecule has 0 aliphatic heterocycles. The van der Waals surface area contributed by atoms with Crippen molar-refractivity contribution in [2.24, 2.45) is 5.14 Å². The van der Waals surface area contributed by atoms with Gasteiger partial charge in [-0.3, -0.25) is 4.98 Å². The molecule has 0 fully saturated rings. The lowest BCUT2D eigenvalue weighted by Crippen LogP contribution is -2.14. The largest absolute Gasteiger partial charge is 0.423 e. The number of nitrogens with one attached hydrogen (secondary N) is 1. The highest BCUT2D eigenvalue weighted by molar-refractivity contribution is 7.90. The number of hydrogen-bond acceptors (Lipinski definition) is 8. The van der Waals surface area contributed by atoms with Gasteiger partial charge in [-0.05, 0) is 67.2 Å². The lowest BCUT2D eigenvalue weighted by atomic mass is 10.1. The molecule has 2 aromatic carbocycles. The molecule has 192 valence electrons. The smallest absolute Gasteiger partial charge is 0.343 e. The molecule has 0 atom stereocenters. The van der Waals surface area contributed by atoms with E-state index in [9.17, 15) is 21.6 Å². The van der Waals surface area contributed by atoms with E-state index in [0.29, 0.717) is 12.1 Å². The van der Waals surface area contributed by atoms with Gasteiger partial charge >= 0.3 is 5.97 Å². The summed E-state index contributed by atoms with van der Waals surface area (Å²) >= 11 is 0. The van der Waals surface area contributed by atoms with E-state index in [1.165, 1.54) is 55.0 Å². The van der Waals surface area contributed by atoms with Crippen LogP contribution in [0.4, 0.5) is 4.39 Å². The lowest BCUT2D eigenvalue weighted by Gasteiger charge is -2.12. The van der Waals surface area contributed by atoms with E-state index in [0.717, 1.165) is 22.2 Å². The third-order valence-corrected chi connectivity index (χ3v) is 7.85. The van der Waals surface area contributed by atoms with Gasteiger partial charge in [0.15, 0.2) is 0 Å². The number of nitrogens with zero attached hydrogens (tertiary/aromatic N) is 2. The number of halogens is 1. The van der Waals surface area contributed by atoms with E-state index in [1.807, 2.05) is 0 Å². The zero-order valence-electron chi connectivity index (χ0n) is 19.3. The van der Waals surface area contributed by atoms with Gasteiger partial charge in [0.1, 0.15) is 16.5 Å². The molecule has 2 aromatic heterocycles. The third kappa shape index (κ3) is 5.59. The van der Waals surface area contributed by atoms with E-state index in [4.69, 9.17) is 9.88 Å². The molecule has 4 aromatic rings. The minimum atomic E-state index is -4.09. The van der Waals surface area contributed by atoms with Crippen LogP contribution in [0.3, 0.4) is 0 Å². The van der Waals surface area contributed by atoms with Crippen molar-refractivity contribution in [1.82, 2.24) is 14.3 Å². The van der Waals surface area contributed by atoms with Crippen molar-refractivity contribution in [3.8, 4) is 17.0 Å². The molecule has 0 amide bonds. The van der Waals surface area contributed by atoms with Gasteiger partial charge < -0.3 is 10.1 Å². The lowest BCUT2D eigenvalue weighted by molar-refractivity contribution is 0.0734. The summed E-state index contributed by atoms with van der Waals surface area (Å²) in [4.78, 5) is 16.0. The molecule has 0 aliphatic rings. The number of hydrogen-bond donors (Lipinski definition) is 2. The number of pyridine rings is 1. The van der Waals surface area contributed by atoms with Gasteiger partial charge in [0.05, 0.1) is 16.2 Å². The van der Waals surface area contributed by atoms with Crippen LogP contribution >= 0.6 is 0 Å². The van der Waals surface area contributed by atoms with Crippen LogP contribution in [0.15, 0.2) is 89.0 Å². The second kappa shape index (κ2) is 10.2. The third-order valence-electron chi connectivity index (χ3n) is 5.26. The Balaban J connectivity index is 1.66. The number of benzene rings is 2. The van der Waals surface area contributed by atoms with Crippen molar-refractivity contribution in [3.63, 3.8) is 0 Å². The summed E-state index contributed by atoms with van der Waals surface area (Å²) in [5.41, 5.74) is 0.656. The fraction of sp³-hybridized carbons (Fsp3) is 0.0833. The summed E-state index contributed by atoms with van der Waals surface area (Å²) in [5.74, 6) is -1.82. The standard InChI is InChI=1S/C24H21FN4O6S2/c1-27-13-16-11-23(29(15-16)37(33,34)20-3-2-10-28-14-20)21-9-6-18(12-22(21)25)35-24(30)17-4-7-19(8-5-17)36(26,31)32/h2-12,14-15,27H,13H2,1H3,(H2,26,31,32). The van der Waals surface area contributed by atoms with Crippen LogP contribution in [-0.4, -0.2) is 38.8 Å². The molecule has 0 aliphatic carbocycles. The van der Waals surface area contributed by atoms with Gasteiger partial charge in [-0.1, -0.05) is 0 Å². The van der Waals surface area contributed by atoms with Crippen molar-refractivity contribution in [3.05, 3.63) is 96.2 Å². The van der Waals surface area contributed by atoms with Crippen molar-refractivity contribution in [2.45, 2.75) is 16.3 Å². The number of primary sulfonamides is 1. The van der Waals surface area contributed by atoms with Gasteiger partial charge in [-0.15, -0.1) is 0 Å². The highest BCUT2D eigenvalue weighted by Crippen LogP contribution is 2.31. The van der Waals surface area contributed by atoms with E-state index in [1.54, 1.807) is 13.1 Å². The predicted octanol–water partition coefficient (Wildman–Crippen LogP) is 2.51. The zero-order chi connectivity index (χ0) is 26.8. The number of carbonyl (C=O) groups is 1. The Morgan fingerprint density at radius 2 is 1.78 bits per heavy atom. The van der Waals surface area contributed by atoms with Crippen LogP contribution in [0.25, 0.3) is 11.3 Å². The quantitative estimate of drug-likeness (QED) is 0.254. The topological polar surface area (TPSA) is 150 Å². The highest BCUT2D eigenvalue weighted by Gasteiger charge is 2.24. The molecule has 0 unspecified atom stereocenters. The molecule has 0 bridgehead atoms.